The lowest BCUT2D eigenvalue weighted by molar-refractivity contribution is 0.0696. The zero-order valence-corrected chi connectivity index (χ0v) is 12.7. The summed E-state index contributed by atoms with van der Waals surface area (Å²) in [7, 11) is 1.71. The van der Waals surface area contributed by atoms with Gasteiger partial charge in [-0.15, -0.1) is 0 Å². The molecule has 1 heterocycles. The Morgan fingerprint density at radius 2 is 2.05 bits per heavy atom. The Hall–Kier alpha value is -1.79. The largest absolute Gasteiger partial charge is 0.478 e. The van der Waals surface area contributed by atoms with E-state index in [1.165, 1.54) is 18.2 Å². The molecule has 104 valence electrons. The molecule has 0 bridgehead atoms. The van der Waals surface area contributed by atoms with Crippen molar-refractivity contribution < 1.29 is 14.7 Å². The molecule has 0 aliphatic rings. The van der Waals surface area contributed by atoms with Crippen LogP contribution in [0.5, 0.6) is 0 Å². The van der Waals surface area contributed by atoms with E-state index >= 15 is 0 Å². The van der Waals surface area contributed by atoms with E-state index in [9.17, 15) is 9.59 Å². The van der Waals surface area contributed by atoms with Crippen LogP contribution in [0.25, 0.3) is 0 Å². The maximum atomic E-state index is 12.1. The van der Waals surface area contributed by atoms with Gasteiger partial charge in [0.2, 0.25) is 0 Å². The third kappa shape index (κ3) is 3.02. The molecule has 1 aromatic carbocycles. The normalized spacial score (nSPS) is 10.3. The van der Waals surface area contributed by atoms with E-state index in [0.29, 0.717) is 20.9 Å². The number of carbonyl (C=O) groups excluding carboxylic acids is 1. The molecule has 7 heteroatoms. The van der Waals surface area contributed by atoms with Gasteiger partial charge < -0.3 is 15.0 Å². The number of aryl methyl sites for hydroxylation is 1. The van der Waals surface area contributed by atoms with Gasteiger partial charge >= 0.3 is 5.97 Å². The van der Waals surface area contributed by atoms with Crippen LogP contribution in [-0.2, 0) is 7.05 Å². The fourth-order valence-electron chi connectivity index (χ4n) is 1.69. The minimum atomic E-state index is -1.03. The summed E-state index contributed by atoms with van der Waals surface area (Å²) in [6, 6.07) is 5.92. The average molecular weight is 358 g/mol. The summed E-state index contributed by atoms with van der Waals surface area (Å²) in [5.74, 6) is -1.36. The first-order valence-corrected chi connectivity index (χ1v) is 6.71. The Balaban J connectivity index is 2.24. The molecule has 0 aliphatic carbocycles. The standard InChI is InChI=1S/C13H10BrClN2O3/c1-17-6-8(15)5-11(17)12(18)16-10-3-2-7(13(19)20)4-9(10)14/h2-6H,1H3,(H,16,18)(H,19,20). The maximum Gasteiger partial charge on any atom is 0.335 e. The smallest absolute Gasteiger partial charge is 0.335 e. The molecule has 2 rings (SSSR count). The van der Waals surface area contributed by atoms with Gasteiger partial charge in [0, 0.05) is 17.7 Å². The van der Waals surface area contributed by atoms with Crippen molar-refractivity contribution in [3.8, 4) is 0 Å². The number of aromatic carboxylic acids is 1. The van der Waals surface area contributed by atoms with E-state index in [0.717, 1.165) is 0 Å². The third-order valence-electron chi connectivity index (χ3n) is 2.67. The van der Waals surface area contributed by atoms with Crippen LogP contribution < -0.4 is 5.32 Å². The van der Waals surface area contributed by atoms with Gasteiger partial charge in [-0.25, -0.2) is 4.79 Å². The lowest BCUT2D eigenvalue weighted by Crippen LogP contribution is -2.15. The first-order chi connectivity index (χ1) is 9.38. The molecule has 0 radical (unpaired) electrons. The Morgan fingerprint density at radius 1 is 1.35 bits per heavy atom. The van der Waals surface area contributed by atoms with Crippen LogP contribution >= 0.6 is 27.5 Å². The van der Waals surface area contributed by atoms with E-state index in [2.05, 4.69) is 21.2 Å². The number of carboxylic acid groups (broad SMARTS) is 1. The zero-order valence-electron chi connectivity index (χ0n) is 10.4. The van der Waals surface area contributed by atoms with Gasteiger partial charge in [-0.1, -0.05) is 11.6 Å². The first kappa shape index (κ1) is 14.6. The zero-order chi connectivity index (χ0) is 14.9. The Labute approximate surface area is 128 Å². The number of aromatic nitrogens is 1. The number of rotatable bonds is 3. The summed E-state index contributed by atoms with van der Waals surface area (Å²) in [5.41, 5.74) is 1.03. The molecule has 5 nitrogen and oxygen atoms in total. The van der Waals surface area contributed by atoms with Crippen LogP contribution in [0.3, 0.4) is 0 Å². The molecule has 2 N–H and O–H groups in total. The van der Waals surface area contributed by atoms with E-state index in [-0.39, 0.29) is 11.5 Å². The molecule has 0 atom stereocenters. The number of anilines is 1. The molecule has 0 fully saturated rings. The molecule has 1 aromatic heterocycles. The number of benzene rings is 1. The highest BCUT2D eigenvalue weighted by Gasteiger charge is 2.14. The number of halogens is 2. The molecule has 0 saturated carbocycles. The molecule has 20 heavy (non-hydrogen) atoms. The van der Waals surface area contributed by atoms with Crippen LogP contribution in [0, 0.1) is 0 Å². The fraction of sp³-hybridized carbons (Fsp3) is 0.0769. The molecule has 0 saturated heterocycles. The second-order valence-electron chi connectivity index (χ2n) is 4.11. The quantitative estimate of drug-likeness (QED) is 0.884. The summed E-state index contributed by atoms with van der Waals surface area (Å²) in [5, 5.41) is 12.0. The number of hydrogen-bond donors (Lipinski definition) is 2. The van der Waals surface area contributed by atoms with Gasteiger partial charge in [-0.2, -0.15) is 0 Å². The van der Waals surface area contributed by atoms with Crippen molar-refractivity contribution in [1.29, 1.82) is 0 Å². The summed E-state index contributed by atoms with van der Waals surface area (Å²) in [4.78, 5) is 22.9. The van der Waals surface area contributed by atoms with Crippen molar-refractivity contribution in [3.05, 3.63) is 51.2 Å². The Bertz CT molecular complexity index is 697. The topological polar surface area (TPSA) is 71.3 Å². The highest BCUT2D eigenvalue weighted by Crippen LogP contribution is 2.24. The molecule has 0 aliphatic heterocycles. The van der Waals surface area contributed by atoms with Gasteiger partial charge in [0.15, 0.2) is 0 Å². The minimum Gasteiger partial charge on any atom is -0.478 e. The predicted octanol–water partition coefficient (Wildman–Crippen LogP) is 3.39. The van der Waals surface area contributed by atoms with E-state index in [4.69, 9.17) is 16.7 Å². The Kier molecular flexibility index (Phi) is 4.15. The molecule has 0 unspecified atom stereocenters. The number of carboxylic acids is 1. The predicted molar refractivity (Wildman–Crippen MR) is 79.5 cm³/mol. The van der Waals surface area contributed by atoms with Gasteiger partial charge in [-0.05, 0) is 40.2 Å². The first-order valence-electron chi connectivity index (χ1n) is 5.54. The third-order valence-corrected chi connectivity index (χ3v) is 3.53. The highest BCUT2D eigenvalue weighted by atomic mass is 79.9. The summed E-state index contributed by atoms with van der Waals surface area (Å²) in [6.45, 7) is 0. The number of amides is 1. The Morgan fingerprint density at radius 3 is 2.55 bits per heavy atom. The van der Waals surface area contributed by atoms with Crippen LogP contribution in [-0.4, -0.2) is 21.6 Å². The molecular weight excluding hydrogens is 348 g/mol. The van der Waals surface area contributed by atoms with Crippen molar-refractivity contribution in [2.24, 2.45) is 7.05 Å². The van der Waals surface area contributed by atoms with Crippen LogP contribution in [0.4, 0.5) is 5.69 Å². The van der Waals surface area contributed by atoms with Crippen molar-refractivity contribution in [3.63, 3.8) is 0 Å². The molecule has 1 amide bonds. The lowest BCUT2D eigenvalue weighted by atomic mass is 10.2. The van der Waals surface area contributed by atoms with Crippen LogP contribution in [0.15, 0.2) is 34.9 Å². The average Bonchev–Trinajstić information content (AvgIpc) is 2.70. The van der Waals surface area contributed by atoms with Crippen molar-refractivity contribution >= 4 is 45.1 Å². The van der Waals surface area contributed by atoms with Gasteiger partial charge in [0.1, 0.15) is 5.69 Å². The summed E-state index contributed by atoms with van der Waals surface area (Å²) >= 11 is 9.05. The molecule has 2 aromatic rings. The second-order valence-corrected chi connectivity index (χ2v) is 5.40. The number of carbonyl (C=O) groups is 2. The molecular formula is C13H10BrClN2O3. The van der Waals surface area contributed by atoms with Crippen LogP contribution in [0.2, 0.25) is 5.02 Å². The van der Waals surface area contributed by atoms with E-state index < -0.39 is 5.97 Å². The van der Waals surface area contributed by atoms with E-state index in [1.54, 1.807) is 23.9 Å². The highest BCUT2D eigenvalue weighted by molar-refractivity contribution is 9.10. The summed E-state index contributed by atoms with van der Waals surface area (Å²) in [6.07, 6.45) is 1.62. The molecule has 0 spiro atoms. The van der Waals surface area contributed by atoms with Crippen molar-refractivity contribution in [2.75, 3.05) is 5.32 Å². The number of nitrogens with one attached hydrogen (secondary N) is 1. The number of hydrogen-bond acceptors (Lipinski definition) is 2. The van der Waals surface area contributed by atoms with Crippen molar-refractivity contribution in [1.82, 2.24) is 4.57 Å². The van der Waals surface area contributed by atoms with Crippen LogP contribution in [0.1, 0.15) is 20.8 Å². The van der Waals surface area contributed by atoms with Gasteiger partial charge in [0.05, 0.1) is 16.3 Å². The summed E-state index contributed by atoms with van der Waals surface area (Å²) < 4.78 is 2.10. The lowest BCUT2D eigenvalue weighted by Gasteiger charge is -2.08. The fourth-order valence-corrected chi connectivity index (χ4v) is 2.41. The minimum absolute atomic E-state index is 0.136. The maximum absolute atomic E-state index is 12.1. The van der Waals surface area contributed by atoms with E-state index in [1.807, 2.05) is 0 Å². The SMILES string of the molecule is Cn1cc(Cl)cc1C(=O)Nc1ccc(C(=O)O)cc1Br. The number of nitrogens with zero attached hydrogens (tertiary/aromatic N) is 1. The van der Waals surface area contributed by atoms with Gasteiger partial charge in [0.25, 0.3) is 5.91 Å². The second kappa shape index (κ2) is 5.68. The van der Waals surface area contributed by atoms with Gasteiger partial charge in [-0.3, -0.25) is 4.79 Å². The van der Waals surface area contributed by atoms with Crippen molar-refractivity contribution in [2.45, 2.75) is 0 Å². The monoisotopic (exact) mass is 356 g/mol.